The fourth-order valence-electron chi connectivity index (χ4n) is 3.86. The fraction of sp³-hybridized carbons (Fsp3) is 0.500. The zero-order chi connectivity index (χ0) is 28.3. The van der Waals surface area contributed by atoms with E-state index in [0.717, 1.165) is 11.1 Å². The summed E-state index contributed by atoms with van der Waals surface area (Å²) in [5.74, 6) is -4.08. The minimum atomic E-state index is -2.43. The average molecular weight is 603 g/mol. The Morgan fingerprint density at radius 3 is 2.17 bits per heavy atom. The van der Waals surface area contributed by atoms with Gasteiger partial charge in [-0.2, -0.15) is 0 Å². The number of esters is 2. The van der Waals surface area contributed by atoms with E-state index in [2.05, 4.69) is 5.32 Å². The van der Waals surface area contributed by atoms with Gasteiger partial charge in [-0.05, 0) is 62.6 Å². The van der Waals surface area contributed by atoms with Crippen LogP contribution in [0.2, 0.25) is 5.02 Å². The van der Waals surface area contributed by atoms with Crippen LogP contribution in [0, 0.1) is 0 Å². The number of rotatable bonds is 16. The first-order chi connectivity index (χ1) is 18.8. The molecule has 10 nitrogen and oxygen atoms in total. The Labute approximate surface area is 245 Å². The average Bonchev–Trinajstić information content (AvgIpc) is 3.32. The SMILES string of the molecule is CCOCCOC(=O)C1(C(=O)OCCOCC)Oc2ccc(CC(C)NCC(O)c3cccc(Cl)c3)cc2O1.Cl. The minimum Gasteiger partial charge on any atom is -0.457 e. The molecule has 1 aliphatic rings. The molecule has 1 heterocycles. The maximum atomic E-state index is 13.0. The summed E-state index contributed by atoms with van der Waals surface area (Å²) in [6.07, 6.45) is -0.144. The second kappa shape index (κ2) is 16.6. The number of ether oxygens (including phenoxy) is 6. The number of aliphatic hydroxyl groups excluding tert-OH is 1. The van der Waals surface area contributed by atoms with Gasteiger partial charge in [0.1, 0.15) is 13.2 Å². The minimum absolute atomic E-state index is 0. The summed E-state index contributed by atoms with van der Waals surface area (Å²) < 4.78 is 32.3. The lowest BCUT2D eigenvalue weighted by atomic mass is 10.1. The van der Waals surface area contributed by atoms with Crippen molar-refractivity contribution >= 4 is 35.9 Å². The maximum absolute atomic E-state index is 13.0. The van der Waals surface area contributed by atoms with Crippen molar-refractivity contribution in [1.82, 2.24) is 5.32 Å². The smallest absolute Gasteiger partial charge is 0.453 e. The molecule has 0 aliphatic carbocycles. The molecular weight excluding hydrogens is 565 g/mol. The van der Waals surface area contributed by atoms with Crippen LogP contribution in [0.4, 0.5) is 0 Å². The molecule has 0 spiro atoms. The Hall–Kier alpha value is -2.60. The van der Waals surface area contributed by atoms with E-state index in [9.17, 15) is 14.7 Å². The van der Waals surface area contributed by atoms with Crippen molar-refractivity contribution in [3.05, 3.63) is 58.6 Å². The molecule has 0 saturated heterocycles. The quantitative estimate of drug-likeness (QED) is 0.167. The first kappa shape index (κ1) is 33.6. The van der Waals surface area contributed by atoms with Gasteiger partial charge in [0.25, 0.3) is 0 Å². The maximum Gasteiger partial charge on any atom is 0.453 e. The van der Waals surface area contributed by atoms with Crippen molar-refractivity contribution in [3.8, 4) is 11.5 Å². The van der Waals surface area contributed by atoms with Crippen molar-refractivity contribution < 1.29 is 43.1 Å². The van der Waals surface area contributed by atoms with Crippen LogP contribution < -0.4 is 14.8 Å². The topological polar surface area (TPSA) is 122 Å². The second-order valence-corrected chi connectivity index (χ2v) is 9.29. The Balaban J connectivity index is 0.00000560. The summed E-state index contributed by atoms with van der Waals surface area (Å²) >= 11 is 6.02. The summed E-state index contributed by atoms with van der Waals surface area (Å²) in [6.45, 7) is 6.99. The lowest BCUT2D eigenvalue weighted by Gasteiger charge is -2.23. The molecule has 2 aromatic carbocycles. The van der Waals surface area contributed by atoms with E-state index in [1.165, 1.54) is 0 Å². The largest absolute Gasteiger partial charge is 0.457 e. The van der Waals surface area contributed by atoms with Crippen LogP contribution in [0.25, 0.3) is 0 Å². The molecule has 2 atom stereocenters. The summed E-state index contributed by atoms with van der Waals surface area (Å²) in [6, 6.07) is 12.2. The van der Waals surface area contributed by atoms with Gasteiger partial charge in [0.15, 0.2) is 11.5 Å². The van der Waals surface area contributed by atoms with Crippen molar-refractivity contribution in [2.75, 3.05) is 46.2 Å². The molecule has 2 unspecified atom stereocenters. The predicted octanol–water partition coefficient (Wildman–Crippen LogP) is 3.64. The summed E-state index contributed by atoms with van der Waals surface area (Å²) in [5, 5.41) is 14.3. The van der Waals surface area contributed by atoms with Crippen molar-refractivity contribution in [2.24, 2.45) is 0 Å². The van der Waals surface area contributed by atoms with Gasteiger partial charge in [0.2, 0.25) is 0 Å². The zero-order valence-corrected chi connectivity index (χ0v) is 24.4. The van der Waals surface area contributed by atoms with E-state index in [-0.39, 0.29) is 56.4 Å². The Morgan fingerprint density at radius 2 is 1.57 bits per heavy atom. The van der Waals surface area contributed by atoms with E-state index < -0.39 is 23.8 Å². The molecule has 12 heteroatoms. The molecule has 3 rings (SSSR count). The Morgan fingerprint density at radius 1 is 0.950 bits per heavy atom. The first-order valence-electron chi connectivity index (χ1n) is 13.0. The predicted molar refractivity (Wildman–Crippen MR) is 150 cm³/mol. The van der Waals surface area contributed by atoms with E-state index >= 15 is 0 Å². The Bertz CT molecular complexity index is 1080. The Kier molecular flexibility index (Phi) is 14.0. The highest BCUT2D eigenvalue weighted by molar-refractivity contribution is 6.30. The molecule has 222 valence electrons. The number of carbonyl (C=O) groups is 2. The molecule has 0 fully saturated rings. The normalized spacial score (nSPS) is 14.6. The van der Waals surface area contributed by atoms with Crippen LogP contribution in [0.5, 0.6) is 11.5 Å². The van der Waals surface area contributed by atoms with Gasteiger partial charge in [-0.15, -0.1) is 12.4 Å². The van der Waals surface area contributed by atoms with E-state index in [4.69, 9.17) is 40.0 Å². The van der Waals surface area contributed by atoms with Gasteiger partial charge in [0.05, 0.1) is 19.3 Å². The zero-order valence-electron chi connectivity index (χ0n) is 22.9. The number of halogens is 2. The molecule has 2 aromatic rings. The fourth-order valence-corrected chi connectivity index (χ4v) is 4.06. The molecule has 0 bridgehead atoms. The van der Waals surface area contributed by atoms with Crippen LogP contribution in [0.15, 0.2) is 42.5 Å². The standard InChI is InChI=1S/C28H36ClNO9.ClH/c1-4-34-11-13-36-26(32)28(27(33)37-14-12-35-5-2)38-24-10-9-20(16-25(24)39-28)15-19(3)30-18-23(31)21-7-6-8-22(29)17-21;/h6-10,16-17,19,23,30-31H,4-5,11-15,18H2,1-3H3;1H. The van der Waals surface area contributed by atoms with Crippen LogP contribution in [-0.2, 0) is 35.0 Å². The van der Waals surface area contributed by atoms with Crippen molar-refractivity contribution in [1.29, 1.82) is 0 Å². The van der Waals surface area contributed by atoms with Gasteiger partial charge in [-0.25, -0.2) is 9.59 Å². The van der Waals surface area contributed by atoms with Gasteiger partial charge >= 0.3 is 17.7 Å². The highest BCUT2D eigenvalue weighted by Crippen LogP contribution is 2.41. The third-order valence-corrected chi connectivity index (χ3v) is 6.05. The first-order valence-corrected chi connectivity index (χ1v) is 13.3. The van der Waals surface area contributed by atoms with E-state index in [1.54, 1.807) is 30.3 Å². The van der Waals surface area contributed by atoms with Gasteiger partial charge in [-0.1, -0.05) is 29.8 Å². The van der Waals surface area contributed by atoms with Crippen LogP contribution >= 0.6 is 24.0 Å². The summed E-state index contributed by atoms with van der Waals surface area (Å²) in [4.78, 5) is 26.0. The monoisotopic (exact) mass is 601 g/mol. The molecule has 0 amide bonds. The van der Waals surface area contributed by atoms with Crippen LogP contribution in [0.1, 0.15) is 38.0 Å². The lowest BCUT2D eigenvalue weighted by molar-refractivity contribution is -0.204. The molecule has 40 heavy (non-hydrogen) atoms. The number of hydrogen-bond donors (Lipinski definition) is 2. The molecule has 0 aromatic heterocycles. The van der Waals surface area contributed by atoms with Crippen molar-refractivity contribution in [3.63, 3.8) is 0 Å². The number of carbonyl (C=O) groups excluding carboxylic acids is 2. The number of benzene rings is 2. The van der Waals surface area contributed by atoms with Gasteiger partial charge in [-0.3, -0.25) is 0 Å². The molecule has 0 radical (unpaired) electrons. The summed E-state index contributed by atoms with van der Waals surface area (Å²) in [7, 11) is 0. The van der Waals surface area contributed by atoms with Crippen molar-refractivity contribution in [2.45, 2.75) is 45.1 Å². The summed E-state index contributed by atoms with van der Waals surface area (Å²) in [5.41, 5.74) is 1.59. The van der Waals surface area contributed by atoms with Gasteiger partial charge < -0.3 is 38.8 Å². The highest BCUT2D eigenvalue weighted by atomic mass is 35.5. The molecular formula is C28H37Cl2NO9. The highest BCUT2D eigenvalue weighted by Gasteiger charge is 2.59. The third-order valence-electron chi connectivity index (χ3n) is 5.82. The molecule has 0 saturated carbocycles. The lowest BCUT2D eigenvalue weighted by Crippen LogP contribution is -2.56. The number of hydrogen-bond acceptors (Lipinski definition) is 10. The third kappa shape index (κ3) is 9.22. The molecule has 1 aliphatic heterocycles. The number of aliphatic hydroxyl groups is 1. The number of nitrogens with one attached hydrogen (secondary N) is 1. The van der Waals surface area contributed by atoms with Gasteiger partial charge in [0, 0.05) is 30.8 Å². The molecule has 2 N–H and O–H groups in total. The van der Waals surface area contributed by atoms with E-state index in [0.29, 0.717) is 31.2 Å². The number of fused-ring (bicyclic) bond motifs is 1. The van der Waals surface area contributed by atoms with Crippen LogP contribution in [0.3, 0.4) is 0 Å². The van der Waals surface area contributed by atoms with Crippen LogP contribution in [-0.4, -0.2) is 75.1 Å². The second-order valence-electron chi connectivity index (χ2n) is 8.85. The van der Waals surface area contributed by atoms with E-state index in [1.807, 2.05) is 32.9 Å².